The zero-order valence-electron chi connectivity index (χ0n) is 13.4. The molecule has 3 heteroatoms. The van der Waals surface area contributed by atoms with Crippen molar-refractivity contribution in [2.45, 2.75) is 72.6 Å². The van der Waals surface area contributed by atoms with Gasteiger partial charge in [-0.2, -0.15) is 0 Å². The summed E-state index contributed by atoms with van der Waals surface area (Å²) in [6.45, 7) is 6.82. The van der Waals surface area contributed by atoms with Gasteiger partial charge in [0.15, 0.2) is 0 Å². The molecule has 20 heavy (non-hydrogen) atoms. The van der Waals surface area contributed by atoms with Gasteiger partial charge in [0, 0.05) is 0 Å². The van der Waals surface area contributed by atoms with Crippen molar-refractivity contribution < 1.29 is 9.21 Å². The van der Waals surface area contributed by atoms with Crippen LogP contribution in [0.25, 0.3) is 0 Å². The number of hydrogen-bond donors (Lipinski definition) is 0. The Labute approximate surface area is 128 Å². The van der Waals surface area contributed by atoms with Crippen molar-refractivity contribution in [1.29, 1.82) is 0 Å². The van der Waals surface area contributed by atoms with Gasteiger partial charge in [-0.05, 0) is 0 Å². The van der Waals surface area contributed by atoms with E-state index in [1.807, 2.05) is 6.07 Å². The molecule has 1 heterocycles. The maximum atomic E-state index is 10.9. The second-order valence-electron chi connectivity index (χ2n) is 5.91. The summed E-state index contributed by atoms with van der Waals surface area (Å²) in [6.07, 6.45) is 8.59. The first-order chi connectivity index (χ1) is 9.72. The molecule has 0 saturated carbocycles. The van der Waals surface area contributed by atoms with Crippen molar-refractivity contribution in [3.05, 3.63) is 17.9 Å². The first-order valence-electron chi connectivity index (χ1n) is 8.28. The minimum absolute atomic E-state index is 0.519. The molecule has 0 saturated heterocycles. The summed E-state index contributed by atoms with van der Waals surface area (Å²) in [6, 6.07) is 4.00. The molecule has 2 nitrogen and oxygen atoms in total. The summed E-state index contributed by atoms with van der Waals surface area (Å²) >= 11 is -2.42. The molecule has 0 fully saturated rings. The summed E-state index contributed by atoms with van der Waals surface area (Å²) in [4.78, 5) is 10.9. The second-order valence-corrected chi connectivity index (χ2v) is 18.9. The zero-order chi connectivity index (χ0) is 14.8. The molecule has 0 N–H and O–H groups in total. The Morgan fingerprint density at radius 3 is 1.80 bits per heavy atom. The Kier molecular flexibility index (Phi) is 8.58. The van der Waals surface area contributed by atoms with Crippen molar-refractivity contribution in [3.63, 3.8) is 0 Å². The Morgan fingerprint density at radius 2 is 1.45 bits per heavy atom. The summed E-state index contributed by atoms with van der Waals surface area (Å²) in [7, 11) is 0. The molecule has 0 aliphatic carbocycles. The second kappa shape index (κ2) is 9.64. The Morgan fingerprint density at radius 1 is 0.950 bits per heavy atom. The molecule has 0 aromatic carbocycles. The van der Waals surface area contributed by atoms with Crippen LogP contribution in [0.5, 0.6) is 0 Å². The first kappa shape index (κ1) is 17.8. The van der Waals surface area contributed by atoms with E-state index in [1.54, 1.807) is 0 Å². The van der Waals surface area contributed by atoms with E-state index in [2.05, 4.69) is 26.8 Å². The third-order valence-electron chi connectivity index (χ3n) is 4.29. The molecule has 0 radical (unpaired) electrons. The number of furan rings is 1. The molecular formula is C17H30O2Sn. The summed E-state index contributed by atoms with van der Waals surface area (Å²) in [5.41, 5.74) is 0. The van der Waals surface area contributed by atoms with Crippen LogP contribution in [-0.4, -0.2) is 24.7 Å². The van der Waals surface area contributed by atoms with Crippen LogP contribution in [0.4, 0.5) is 0 Å². The van der Waals surface area contributed by atoms with E-state index in [4.69, 9.17) is 4.42 Å². The molecule has 0 atom stereocenters. The van der Waals surface area contributed by atoms with Gasteiger partial charge < -0.3 is 0 Å². The molecule has 0 aliphatic rings. The number of unbranched alkanes of at least 4 members (excludes halogenated alkanes) is 3. The van der Waals surface area contributed by atoms with Gasteiger partial charge >= 0.3 is 128 Å². The van der Waals surface area contributed by atoms with Crippen molar-refractivity contribution in [3.8, 4) is 0 Å². The number of carbonyl (C=O) groups excluding carboxylic acids is 1. The van der Waals surface area contributed by atoms with Crippen molar-refractivity contribution in [2.75, 3.05) is 0 Å². The Balaban J connectivity index is 3.00. The molecule has 1 aromatic heterocycles. The van der Waals surface area contributed by atoms with E-state index >= 15 is 0 Å². The van der Waals surface area contributed by atoms with Gasteiger partial charge in [0.2, 0.25) is 0 Å². The van der Waals surface area contributed by atoms with Crippen LogP contribution in [0.2, 0.25) is 13.3 Å². The molecule has 0 amide bonds. The standard InChI is InChI=1S/C5H3O2.3C4H9.Sn/c6-4-5-2-1-3-7-5;3*1-3-4-2;/h1-2,4H;3*1,3-4H2,2H3;. The average molecular weight is 385 g/mol. The van der Waals surface area contributed by atoms with E-state index in [0.29, 0.717) is 5.76 Å². The third-order valence-corrected chi connectivity index (χ3v) is 19.3. The van der Waals surface area contributed by atoms with Crippen molar-refractivity contribution in [1.82, 2.24) is 0 Å². The Bertz CT molecular complexity index is 362. The summed E-state index contributed by atoms with van der Waals surface area (Å²) in [5.74, 6) is 0.519. The zero-order valence-corrected chi connectivity index (χ0v) is 16.3. The minimum atomic E-state index is -2.42. The SMILES string of the molecule is CCC[CH2][Sn]([CH2]CCC)([CH2]CCC)[c]1ccc(C=O)o1. The number of carbonyl (C=O) groups is 1. The Hall–Kier alpha value is -0.251. The van der Waals surface area contributed by atoms with Gasteiger partial charge in [-0.15, -0.1) is 0 Å². The van der Waals surface area contributed by atoms with Crippen LogP contribution in [0.1, 0.15) is 69.9 Å². The van der Waals surface area contributed by atoms with E-state index in [0.717, 1.165) is 6.29 Å². The summed E-state index contributed by atoms with van der Waals surface area (Å²) < 4.78 is 11.3. The molecule has 0 aliphatic heterocycles. The van der Waals surface area contributed by atoms with E-state index in [-0.39, 0.29) is 0 Å². The first-order valence-corrected chi connectivity index (χ1v) is 15.8. The third kappa shape index (κ3) is 4.94. The fourth-order valence-electron chi connectivity index (χ4n) is 2.99. The summed E-state index contributed by atoms with van der Waals surface area (Å²) in [5, 5.41) is 0. The molecule has 0 bridgehead atoms. The number of aldehydes is 1. The van der Waals surface area contributed by atoms with Crippen molar-refractivity contribution in [2.24, 2.45) is 0 Å². The van der Waals surface area contributed by atoms with Gasteiger partial charge in [-0.1, -0.05) is 0 Å². The number of rotatable bonds is 11. The molecule has 1 rings (SSSR count). The fourth-order valence-corrected chi connectivity index (χ4v) is 18.3. The van der Waals surface area contributed by atoms with Gasteiger partial charge in [0.25, 0.3) is 0 Å². The van der Waals surface area contributed by atoms with Gasteiger partial charge in [0.05, 0.1) is 0 Å². The van der Waals surface area contributed by atoms with E-state index in [1.165, 1.54) is 55.6 Å². The quantitative estimate of drug-likeness (QED) is 0.390. The van der Waals surface area contributed by atoms with Gasteiger partial charge in [-0.25, -0.2) is 0 Å². The predicted molar refractivity (Wildman–Crippen MR) is 88.6 cm³/mol. The van der Waals surface area contributed by atoms with E-state index in [9.17, 15) is 4.79 Å². The van der Waals surface area contributed by atoms with Crippen LogP contribution in [-0.2, 0) is 0 Å². The average Bonchev–Trinajstić information content (AvgIpc) is 2.96. The molecule has 0 unspecified atom stereocenters. The van der Waals surface area contributed by atoms with E-state index < -0.39 is 18.4 Å². The van der Waals surface area contributed by atoms with Gasteiger partial charge in [-0.3, -0.25) is 0 Å². The van der Waals surface area contributed by atoms with Crippen LogP contribution in [0.15, 0.2) is 16.5 Å². The number of hydrogen-bond acceptors (Lipinski definition) is 2. The van der Waals surface area contributed by atoms with Crippen LogP contribution >= 0.6 is 0 Å². The molecular weight excluding hydrogens is 355 g/mol. The van der Waals surface area contributed by atoms with Crippen molar-refractivity contribution >= 4 is 28.4 Å². The molecule has 114 valence electrons. The monoisotopic (exact) mass is 386 g/mol. The topological polar surface area (TPSA) is 30.2 Å². The van der Waals surface area contributed by atoms with Gasteiger partial charge in [0.1, 0.15) is 0 Å². The molecule has 0 spiro atoms. The maximum absolute atomic E-state index is 10.9. The molecule has 1 aromatic rings. The normalized spacial score (nSPS) is 11.8. The van der Waals surface area contributed by atoms with Crippen LogP contribution < -0.4 is 3.78 Å². The predicted octanol–water partition coefficient (Wildman–Crippen LogP) is 5.15. The van der Waals surface area contributed by atoms with Crippen LogP contribution in [0, 0.1) is 0 Å². The van der Waals surface area contributed by atoms with Crippen LogP contribution in [0.3, 0.4) is 0 Å². The fraction of sp³-hybridized carbons (Fsp3) is 0.706.